The molecule has 5 rings (SSSR count). The summed E-state index contributed by atoms with van der Waals surface area (Å²) < 4.78 is 5.86. The Morgan fingerprint density at radius 3 is 1.82 bits per heavy atom. The van der Waals surface area contributed by atoms with Gasteiger partial charge >= 0.3 is 5.97 Å². The van der Waals surface area contributed by atoms with Crippen molar-refractivity contribution in [2.24, 2.45) is 0 Å². The molecule has 1 aliphatic carbocycles. The van der Waals surface area contributed by atoms with E-state index in [2.05, 4.69) is 29.6 Å². The molecule has 0 heterocycles. The first kappa shape index (κ1) is 27.5. The van der Waals surface area contributed by atoms with E-state index in [1.807, 2.05) is 81.4 Å². The van der Waals surface area contributed by atoms with E-state index in [-0.39, 0.29) is 18.6 Å². The molecule has 5 heteroatoms. The average Bonchev–Trinajstić information content (AvgIpc) is 3.23. The summed E-state index contributed by atoms with van der Waals surface area (Å²) in [6.45, 7) is 5.47. The zero-order valence-corrected chi connectivity index (χ0v) is 23.1. The van der Waals surface area contributed by atoms with Crippen molar-refractivity contribution in [1.82, 2.24) is 5.32 Å². The summed E-state index contributed by atoms with van der Waals surface area (Å²) in [5.41, 5.74) is 4.09. The van der Waals surface area contributed by atoms with Crippen molar-refractivity contribution < 1.29 is 19.4 Å². The van der Waals surface area contributed by atoms with Gasteiger partial charge in [-0.2, -0.15) is 0 Å². The molecule has 0 aromatic heterocycles. The average molecular weight is 534 g/mol. The van der Waals surface area contributed by atoms with Gasteiger partial charge < -0.3 is 9.84 Å². The molecule has 4 aromatic rings. The Labute approximate surface area is 235 Å². The third-order valence-corrected chi connectivity index (χ3v) is 7.27. The smallest absolute Gasteiger partial charge is 0.323 e. The molecule has 4 aromatic carbocycles. The molecule has 1 unspecified atom stereocenters. The predicted octanol–water partition coefficient (Wildman–Crippen LogP) is 6.28. The summed E-state index contributed by atoms with van der Waals surface area (Å²) >= 11 is 0. The number of hydrogen-bond acceptors (Lipinski definition) is 5. The van der Waals surface area contributed by atoms with E-state index < -0.39 is 29.3 Å². The molecule has 2 N–H and O–H groups in total. The number of Topliss-reactive ketones (excluding diaryl/α,β-unsaturated/α-hetero) is 1. The number of aliphatic hydroxyl groups excluding tert-OH is 1. The maximum Gasteiger partial charge on any atom is 0.323 e. The summed E-state index contributed by atoms with van der Waals surface area (Å²) in [7, 11) is 0. The normalized spacial score (nSPS) is 15.0. The first-order chi connectivity index (χ1) is 19.2. The minimum absolute atomic E-state index is 0.00635. The van der Waals surface area contributed by atoms with E-state index in [1.54, 1.807) is 24.3 Å². The second-order valence-corrected chi connectivity index (χ2v) is 11.3. The molecule has 0 radical (unpaired) electrons. The molecule has 1 aliphatic rings. The summed E-state index contributed by atoms with van der Waals surface area (Å²) in [6, 6.07) is 34.4. The Hall–Kier alpha value is -4.06. The first-order valence-electron chi connectivity index (χ1n) is 13.7. The van der Waals surface area contributed by atoms with Crippen LogP contribution < -0.4 is 5.32 Å². The lowest BCUT2D eigenvalue weighted by atomic mass is 9.79. The fourth-order valence-electron chi connectivity index (χ4n) is 5.63. The first-order valence-corrected chi connectivity index (χ1v) is 13.7. The van der Waals surface area contributed by atoms with Crippen LogP contribution in [0.5, 0.6) is 0 Å². The van der Waals surface area contributed by atoms with Crippen molar-refractivity contribution >= 4 is 11.8 Å². The Morgan fingerprint density at radius 1 is 0.775 bits per heavy atom. The van der Waals surface area contributed by atoms with Crippen molar-refractivity contribution in [2.75, 3.05) is 0 Å². The van der Waals surface area contributed by atoms with Crippen LogP contribution >= 0.6 is 0 Å². The van der Waals surface area contributed by atoms with Gasteiger partial charge in [-0.05, 0) is 55.0 Å². The molecule has 0 amide bonds. The number of ether oxygens (including phenoxy) is 1. The van der Waals surface area contributed by atoms with Crippen LogP contribution in [-0.4, -0.2) is 34.6 Å². The highest BCUT2D eigenvalue weighted by molar-refractivity contribution is 5.96. The van der Waals surface area contributed by atoms with Gasteiger partial charge in [0, 0.05) is 12.0 Å². The van der Waals surface area contributed by atoms with Crippen LogP contribution in [0.1, 0.15) is 60.7 Å². The van der Waals surface area contributed by atoms with Crippen LogP contribution in [0.4, 0.5) is 0 Å². The number of fused-ring (bicyclic) bond motifs is 3. The second-order valence-electron chi connectivity index (χ2n) is 11.3. The Kier molecular flexibility index (Phi) is 7.70. The lowest BCUT2D eigenvalue weighted by Gasteiger charge is -2.38. The number of rotatable bonds is 9. The predicted molar refractivity (Wildman–Crippen MR) is 157 cm³/mol. The molecule has 0 saturated heterocycles. The maximum atomic E-state index is 13.8. The molecule has 204 valence electrons. The van der Waals surface area contributed by atoms with Gasteiger partial charge in [-0.3, -0.25) is 14.9 Å². The lowest BCUT2D eigenvalue weighted by Crippen LogP contribution is -2.54. The van der Waals surface area contributed by atoms with E-state index in [0.717, 1.165) is 27.8 Å². The van der Waals surface area contributed by atoms with Crippen LogP contribution in [0.25, 0.3) is 11.1 Å². The highest BCUT2D eigenvalue weighted by atomic mass is 16.6. The lowest BCUT2D eigenvalue weighted by molar-refractivity contribution is -0.158. The zero-order chi connectivity index (χ0) is 28.3. The fraction of sp³-hybridized carbons (Fsp3) is 0.257. The Morgan fingerprint density at radius 2 is 1.27 bits per heavy atom. The van der Waals surface area contributed by atoms with Crippen molar-refractivity contribution in [1.29, 1.82) is 0 Å². The van der Waals surface area contributed by atoms with Gasteiger partial charge in [-0.15, -0.1) is 0 Å². The third-order valence-electron chi connectivity index (χ3n) is 7.27. The van der Waals surface area contributed by atoms with Gasteiger partial charge in [0.1, 0.15) is 11.6 Å². The number of nitrogens with one attached hydrogen (secondary N) is 1. The zero-order valence-electron chi connectivity index (χ0n) is 23.1. The number of carbonyl (C=O) groups is 2. The van der Waals surface area contributed by atoms with Gasteiger partial charge in [0.15, 0.2) is 5.78 Å². The number of esters is 1. The van der Waals surface area contributed by atoms with Crippen LogP contribution in [0.2, 0.25) is 0 Å². The summed E-state index contributed by atoms with van der Waals surface area (Å²) in [5, 5.41) is 14.8. The number of benzene rings is 4. The van der Waals surface area contributed by atoms with Gasteiger partial charge in [0.2, 0.25) is 0 Å². The second kappa shape index (κ2) is 11.2. The molecule has 0 spiro atoms. The van der Waals surface area contributed by atoms with Crippen LogP contribution in [0, 0.1) is 0 Å². The standard InChI is InChI=1S/C35H35NO4/c1-34(2,3)40-33(39)31(22-26(37)23-32(38)24-14-6-4-7-15-24)36-35(25-16-8-5-9-17-25)29-20-12-10-18-27(29)28-19-11-13-21-30(28)35/h4-21,26,31,36-37H,22-23H2,1-3H3/t26?,31-/m0/s1. The van der Waals surface area contributed by atoms with Crippen molar-refractivity contribution in [2.45, 2.75) is 56.9 Å². The maximum absolute atomic E-state index is 13.8. The largest absolute Gasteiger partial charge is 0.459 e. The minimum Gasteiger partial charge on any atom is -0.459 e. The summed E-state index contributed by atoms with van der Waals surface area (Å²) in [6.07, 6.45) is -1.15. The van der Waals surface area contributed by atoms with Gasteiger partial charge in [0.05, 0.1) is 11.6 Å². The van der Waals surface area contributed by atoms with E-state index in [4.69, 9.17) is 4.74 Å². The van der Waals surface area contributed by atoms with Gasteiger partial charge in [-0.25, -0.2) is 0 Å². The molecular weight excluding hydrogens is 498 g/mol. The van der Waals surface area contributed by atoms with E-state index in [0.29, 0.717) is 5.56 Å². The quantitative estimate of drug-likeness (QED) is 0.196. The minimum atomic E-state index is -1.06. The van der Waals surface area contributed by atoms with Crippen molar-refractivity contribution in [3.05, 3.63) is 131 Å². The monoisotopic (exact) mass is 533 g/mol. The van der Waals surface area contributed by atoms with Crippen LogP contribution in [0.3, 0.4) is 0 Å². The van der Waals surface area contributed by atoms with E-state index in [1.165, 1.54) is 0 Å². The van der Waals surface area contributed by atoms with Gasteiger partial charge in [0.25, 0.3) is 0 Å². The molecule has 0 saturated carbocycles. The van der Waals surface area contributed by atoms with Crippen molar-refractivity contribution in [3.8, 4) is 11.1 Å². The summed E-state index contributed by atoms with van der Waals surface area (Å²) in [5.74, 6) is -0.652. The summed E-state index contributed by atoms with van der Waals surface area (Å²) in [4.78, 5) is 26.6. The molecule has 40 heavy (non-hydrogen) atoms. The van der Waals surface area contributed by atoms with Crippen LogP contribution in [-0.2, 0) is 15.1 Å². The topological polar surface area (TPSA) is 75.6 Å². The Balaban J connectivity index is 1.57. The number of ketones is 1. The fourth-order valence-corrected chi connectivity index (χ4v) is 5.63. The van der Waals surface area contributed by atoms with Crippen molar-refractivity contribution in [3.63, 3.8) is 0 Å². The van der Waals surface area contributed by atoms with E-state index >= 15 is 0 Å². The number of carbonyl (C=O) groups excluding carboxylic acids is 2. The third kappa shape index (κ3) is 5.48. The molecule has 0 bridgehead atoms. The number of aliphatic hydroxyl groups is 1. The highest BCUT2D eigenvalue weighted by Gasteiger charge is 2.47. The number of hydrogen-bond donors (Lipinski definition) is 2. The van der Waals surface area contributed by atoms with E-state index in [9.17, 15) is 14.7 Å². The molecule has 5 nitrogen and oxygen atoms in total. The SMILES string of the molecule is CC(C)(C)OC(=O)[C@H](CC(O)CC(=O)c1ccccc1)NC1(c2ccccc2)c2ccccc2-c2ccccc21. The molecule has 2 atom stereocenters. The molecule has 0 aliphatic heterocycles. The molecule has 0 fully saturated rings. The molecular formula is C35H35NO4. The highest BCUT2D eigenvalue weighted by Crippen LogP contribution is 2.51. The Bertz CT molecular complexity index is 1450. The van der Waals surface area contributed by atoms with Gasteiger partial charge in [-0.1, -0.05) is 109 Å². The van der Waals surface area contributed by atoms with Crippen LogP contribution in [0.15, 0.2) is 109 Å².